The summed E-state index contributed by atoms with van der Waals surface area (Å²) in [6.45, 7) is 10.6. The van der Waals surface area contributed by atoms with Crippen LogP contribution in [0.2, 0.25) is 0 Å². The number of fused-ring (bicyclic) bond motifs is 2. The van der Waals surface area contributed by atoms with Crippen molar-refractivity contribution in [1.82, 2.24) is 0 Å². The van der Waals surface area contributed by atoms with Crippen molar-refractivity contribution < 1.29 is 14.3 Å². The van der Waals surface area contributed by atoms with Gasteiger partial charge in [-0.25, -0.2) is 4.79 Å². The monoisotopic (exact) mass is 433 g/mol. The van der Waals surface area contributed by atoms with Gasteiger partial charge in [-0.1, -0.05) is 43.8 Å². The highest BCUT2D eigenvalue weighted by atomic mass is 32.2. The van der Waals surface area contributed by atoms with Gasteiger partial charge in [-0.05, 0) is 62.2 Å². The molecule has 0 radical (unpaired) electrons. The highest BCUT2D eigenvalue weighted by Crippen LogP contribution is 2.50. The first-order chi connectivity index (χ1) is 14.7. The van der Waals surface area contributed by atoms with Gasteiger partial charge in [0.15, 0.2) is 0 Å². The van der Waals surface area contributed by atoms with E-state index in [2.05, 4.69) is 44.7 Å². The molecule has 0 saturated heterocycles. The molecule has 0 fully saturated rings. The zero-order valence-corrected chi connectivity index (χ0v) is 19.6. The molecule has 2 aromatic carbocycles. The highest BCUT2D eigenvalue weighted by molar-refractivity contribution is 8.04. The van der Waals surface area contributed by atoms with Gasteiger partial charge in [-0.3, -0.25) is 4.79 Å². The smallest absolute Gasteiger partial charge is 0.338 e. The summed E-state index contributed by atoms with van der Waals surface area (Å²) in [5, 5.41) is 0. The summed E-state index contributed by atoms with van der Waals surface area (Å²) < 4.78 is 4.99. The fourth-order valence-corrected chi connectivity index (χ4v) is 5.44. The number of allylic oxidation sites excluding steroid dienone is 4. The van der Waals surface area contributed by atoms with E-state index >= 15 is 0 Å². The Balaban J connectivity index is 1.81. The molecule has 2 heterocycles. The van der Waals surface area contributed by atoms with Crippen LogP contribution in [-0.2, 0) is 10.2 Å². The normalized spacial score (nSPS) is 19.3. The maximum absolute atomic E-state index is 12.8. The second-order valence-electron chi connectivity index (χ2n) is 8.77. The minimum absolute atomic E-state index is 0.0747. The van der Waals surface area contributed by atoms with Crippen molar-refractivity contribution >= 4 is 29.2 Å². The number of methoxy groups -OCH3 is 1. The van der Waals surface area contributed by atoms with Crippen LogP contribution in [0.25, 0.3) is 0 Å². The fraction of sp³-hybridized carbons (Fsp3) is 0.308. The van der Waals surface area contributed by atoms with Gasteiger partial charge >= 0.3 is 5.97 Å². The molecular weight excluding hydrogens is 406 g/mol. The molecule has 0 saturated carbocycles. The number of ketones is 1. The first-order valence-corrected chi connectivity index (χ1v) is 11.2. The molecule has 31 heavy (non-hydrogen) atoms. The van der Waals surface area contributed by atoms with Crippen molar-refractivity contribution in [3.05, 3.63) is 81.4 Å². The fourth-order valence-electron chi connectivity index (χ4n) is 4.45. The third kappa shape index (κ3) is 3.41. The Morgan fingerprint density at radius 2 is 1.87 bits per heavy atom. The van der Waals surface area contributed by atoms with Crippen LogP contribution in [0.5, 0.6) is 0 Å². The molecule has 0 bridgehead atoms. The quantitative estimate of drug-likeness (QED) is 0.436. The zero-order chi connectivity index (χ0) is 22.5. The standard InChI is InChI=1S/C26H27NO3S/c1-15(2)27-20-14-18(25(29)30-6)16(3)13-19(20)26(4,5)23(27)12-11-22-24(28)17-9-7-8-10-21(17)31-22/h7-15H,1-6H3/b22-11-,23-12+. The van der Waals surface area contributed by atoms with E-state index < -0.39 is 0 Å². The predicted molar refractivity (Wildman–Crippen MR) is 126 cm³/mol. The molecule has 2 aliphatic rings. The molecule has 5 heteroatoms. The second kappa shape index (κ2) is 7.72. The Labute approximate surface area is 188 Å². The molecule has 4 rings (SSSR count). The average Bonchev–Trinajstić information content (AvgIpc) is 3.16. The number of hydrogen-bond acceptors (Lipinski definition) is 5. The predicted octanol–water partition coefficient (Wildman–Crippen LogP) is 6.04. The molecule has 0 aromatic heterocycles. The SMILES string of the molecule is COC(=O)c1cc2c(cc1C)C(C)(C)/C(=C\C=C1/Sc3ccccc3C1=O)N2C(C)C. The summed E-state index contributed by atoms with van der Waals surface area (Å²) in [5.74, 6) is -0.252. The lowest BCUT2D eigenvalue weighted by Gasteiger charge is -2.30. The van der Waals surface area contributed by atoms with Gasteiger partial charge < -0.3 is 9.64 Å². The second-order valence-corrected chi connectivity index (χ2v) is 9.86. The van der Waals surface area contributed by atoms with Crippen LogP contribution >= 0.6 is 11.8 Å². The number of carbonyl (C=O) groups is 2. The maximum atomic E-state index is 12.8. The van der Waals surface area contributed by atoms with E-state index in [4.69, 9.17) is 4.74 Å². The lowest BCUT2D eigenvalue weighted by molar-refractivity contribution is 0.0599. The third-order valence-electron chi connectivity index (χ3n) is 6.07. The number of anilines is 1. The summed E-state index contributed by atoms with van der Waals surface area (Å²) in [6.07, 6.45) is 4.01. The van der Waals surface area contributed by atoms with Gasteiger partial charge in [-0.2, -0.15) is 0 Å². The van der Waals surface area contributed by atoms with Crippen LogP contribution in [0.3, 0.4) is 0 Å². The van der Waals surface area contributed by atoms with Gasteiger partial charge in [0, 0.05) is 33.3 Å². The lowest BCUT2D eigenvalue weighted by atomic mass is 9.82. The largest absolute Gasteiger partial charge is 0.465 e. The van der Waals surface area contributed by atoms with Crippen LogP contribution in [-0.4, -0.2) is 24.9 Å². The molecular formula is C26H27NO3S. The highest BCUT2D eigenvalue weighted by Gasteiger charge is 2.42. The number of thioether (sulfide) groups is 1. The van der Waals surface area contributed by atoms with E-state index in [1.807, 2.05) is 43.3 Å². The topological polar surface area (TPSA) is 46.6 Å². The Morgan fingerprint density at radius 1 is 1.16 bits per heavy atom. The van der Waals surface area contributed by atoms with Crippen molar-refractivity contribution in [1.29, 1.82) is 0 Å². The summed E-state index contributed by atoms with van der Waals surface area (Å²) in [6, 6.07) is 11.9. The summed E-state index contributed by atoms with van der Waals surface area (Å²) in [7, 11) is 1.41. The molecule has 160 valence electrons. The van der Waals surface area contributed by atoms with Crippen molar-refractivity contribution in [3.8, 4) is 0 Å². The molecule has 0 spiro atoms. The molecule has 2 aromatic rings. The van der Waals surface area contributed by atoms with Gasteiger partial charge in [-0.15, -0.1) is 0 Å². The molecule has 0 N–H and O–H groups in total. The van der Waals surface area contributed by atoms with Crippen molar-refractivity contribution in [3.63, 3.8) is 0 Å². The number of aryl methyl sites for hydroxylation is 1. The molecule has 4 nitrogen and oxygen atoms in total. The van der Waals surface area contributed by atoms with Gasteiger partial charge in [0.25, 0.3) is 0 Å². The average molecular weight is 434 g/mol. The lowest BCUT2D eigenvalue weighted by Crippen LogP contribution is -2.31. The number of rotatable bonds is 3. The molecule has 0 unspecified atom stereocenters. The van der Waals surface area contributed by atoms with Crippen LogP contribution < -0.4 is 4.90 Å². The Kier molecular flexibility index (Phi) is 5.34. The summed E-state index contributed by atoms with van der Waals surface area (Å²) in [5.41, 5.74) is 5.28. The van der Waals surface area contributed by atoms with E-state index in [1.54, 1.807) is 0 Å². The van der Waals surface area contributed by atoms with E-state index in [-0.39, 0.29) is 23.2 Å². The Morgan fingerprint density at radius 3 is 2.52 bits per heavy atom. The number of carbonyl (C=O) groups excluding carboxylic acids is 2. The van der Waals surface area contributed by atoms with E-state index in [0.29, 0.717) is 5.56 Å². The van der Waals surface area contributed by atoms with Gasteiger partial charge in [0.05, 0.1) is 17.6 Å². The van der Waals surface area contributed by atoms with Gasteiger partial charge in [0.1, 0.15) is 0 Å². The van der Waals surface area contributed by atoms with Crippen molar-refractivity contribution in [2.75, 3.05) is 12.0 Å². The first kappa shape index (κ1) is 21.4. The number of ether oxygens (including phenoxy) is 1. The molecule has 2 aliphatic heterocycles. The number of Topliss-reactive ketones (excluding diaryl/α,β-unsaturated/α-hetero) is 1. The van der Waals surface area contributed by atoms with Crippen LogP contribution in [0.4, 0.5) is 5.69 Å². The van der Waals surface area contributed by atoms with E-state index in [9.17, 15) is 9.59 Å². The number of benzene rings is 2. The summed E-state index contributed by atoms with van der Waals surface area (Å²) in [4.78, 5) is 29.1. The summed E-state index contributed by atoms with van der Waals surface area (Å²) >= 11 is 1.52. The zero-order valence-electron chi connectivity index (χ0n) is 18.8. The van der Waals surface area contributed by atoms with Crippen LogP contribution in [0.15, 0.2) is 64.0 Å². The molecule has 0 aliphatic carbocycles. The number of hydrogen-bond donors (Lipinski definition) is 0. The van der Waals surface area contributed by atoms with E-state index in [0.717, 1.165) is 32.3 Å². The first-order valence-electron chi connectivity index (χ1n) is 10.4. The maximum Gasteiger partial charge on any atom is 0.338 e. The van der Waals surface area contributed by atoms with E-state index in [1.165, 1.54) is 24.4 Å². The van der Waals surface area contributed by atoms with Gasteiger partial charge in [0.2, 0.25) is 5.78 Å². The molecule has 0 atom stereocenters. The minimum atomic E-state index is -0.327. The van der Waals surface area contributed by atoms with Crippen LogP contribution in [0, 0.1) is 6.92 Å². The number of esters is 1. The Bertz CT molecular complexity index is 1160. The van der Waals surface area contributed by atoms with Crippen LogP contribution in [0.1, 0.15) is 59.5 Å². The number of nitrogens with zero attached hydrogens (tertiary/aromatic N) is 1. The minimum Gasteiger partial charge on any atom is -0.465 e. The van der Waals surface area contributed by atoms with Crippen molar-refractivity contribution in [2.45, 2.75) is 51.0 Å². The molecule has 0 amide bonds. The third-order valence-corrected chi connectivity index (χ3v) is 7.18. The van der Waals surface area contributed by atoms with Crippen molar-refractivity contribution in [2.24, 2.45) is 0 Å². The Hall–Kier alpha value is -2.79.